The van der Waals surface area contributed by atoms with Gasteiger partial charge in [-0.05, 0) is 38.2 Å². The fourth-order valence-electron chi connectivity index (χ4n) is 3.65. The zero-order valence-electron chi connectivity index (χ0n) is 18.0. The van der Waals surface area contributed by atoms with E-state index >= 15 is 0 Å². The van der Waals surface area contributed by atoms with Crippen LogP contribution >= 0.6 is 0 Å². The Bertz CT molecular complexity index is 941. The smallest absolute Gasteiger partial charge is 0.319 e. The molecular weight excluding hydrogens is 412 g/mol. The summed E-state index contributed by atoms with van der Waals surface area (Å²) in [6, 6.07) is 3.38. The summed E-state index contributed by atoms with van der Waals surface area (Å²) in [6.07, 6.45) is 9.73. The van der Waals surface area contributed by atoms with Crippen molar-refractivity contribution >= 4 is 29.6 Å². The fourth-order valence-corrected chi connectivity index (χ4v) is 3.65. The van der Waals surface area contributed by atoms with Crippen LogP contribution in [0.25, 0.3) is 0 Å². The number of rotatable bonds is 7. The van der Waals surface area contributed by atoms with Gasteiger partial charge in [-0.3, -0.25) is 0 Å². The third kappa shape index (κ3) is 5.34. The number of nitrogens with one attached hydrogen (secondary N) is 2. The lowest BCUT2D eigenvalue weighted by molar-refractivity contribution is 0.114. The van der Waals surface area contributed by atoms with Crippen LogP contribution < -0.4 is 26.0 Å². The van der Waals surface area contributed by atoms with E-state index in [0.29, 0.717) is 41.9 Å². The van der Waals surface area contributed by atoms with E-state index in [1.165, 1.54) is 26.1 Å². The van der Waals surface area contributed by atoms with Crippen LogP contribution in [0.1, 0.15) is 37.7 Å². The Morgan fingerprint density at radius 2 is 2.03 bits per heavy atom. The van der Waals surface area contributed by atoms with Crippen LogP contribution in [0.2, 0.25) is 0 Å². The highest BCUT2D eigenvalue weighted by atomic mass is 16.6. The molecule has 0 atom stereocenters. The zero-order valence-corrected chi connectivity index (χ0v) is 18.0. The summed E-state index contributed by atoms with van der Waals surface area (Å²) < 4.78 is 5.74. The molecular formula is C21H28N8O3. The second kappa shape index (κ2) is 10.1. The molecule has 1 saturated carbocycles. The van der Waals surface area contributed by atoms with Crippen molar-refractivity contribution in [1.82, 2.24) is 20.3 Å². The van der Waals surface area contributed by atoms with Gasteiger partial charge in [0.25, 0.3) is 0 Å². The van der Waals surface area contributed by atoms with Gasteiger partial charge in [-0.2, -0.15) is 0 Å². The summed E-state index contributed by atoms with van der Waals surface area (Å²) >= 11 is 0. The fraction of sp³-hybridized carbons (Fsp3) is 0.476. The minimum absolute atomic E-state index is 0.0516. The van der Waals surface area contributed by atoms with Gasteiger partial charge in [-0.25, -0.2) is 19.7 Å². The van der Waals surface area contributed by atoms with Gasteiger partial charge in [0.05, 0.1) is 23.7 Å². The van der Waals surface area contributed by atoms with E-state index in [4.69, 9.17) is 15.3 Å². The lowest BCUT2D eigenvalue weighted by Crippen LogP contribution is -2.46. The second-order valence-electron chi connectivity index (χ2n) is 7.83. The normalized spacial score (nSPS) is 17.1. The molecule has 2 aromatic heterocycles. The summed E-state index contributed by atoms with van der Waals surface area (Å²) in [6.45, 7) is 1.42. The molecule has 32 heavy (non-hydrogen) atoms. The number of pyridine rings is 1. The van der Waals surface area contributed by atoms with Crippen molar-refractivity contribution in [1.29, 1.82) is 0 Å². The summed E-state index contributed by atoms with van der Waals surface area (Å²) in [5.41, 5.74) is 7.22. The van der Waals surface area contributed by atoms with Crippen LogP contribution in [-0.4, -0.2) is 59.5 Å². The quantitative estimate of drug-likeness (QED) is 0.439. The van der Waals surface area contributed by atoms with Gasteiger partial charge >= 0.3 is 6.03 Å². The number of hydrogen-bond acceptors (Lipinski definition) is 9. The van der Waals surface area contributed by atoms with Crippen LogP contribution in [0.5, 0.6) is 5.88 Å². The summed E-state index contributed by atoms with van der Waals surface area (Å²) in [7, 11) is 1.46. The largest absolute Gasteiger partial charge is 0.474 e. The molecule has 2 aliphatic rings. The van der Waals surface area contributed by atoms with E-state index in [9.17, 15) is 4.79 Å². The highest BCUT2D eigenvalue weighted by Gasteiger charge is 2.24. The molecule has 0 spiro atoms. The van der Waals surface area contributed by atoms with Crippen molar-refractivity contribution in [2.45, 2.75) is 44.2 Å². The zero-order chi connectivity index (χ0) is 22.3. The minimum Gasteiger partial charge on any atom is -0.474 e. The standard InChI is InChI=1S/C21H28N8O3/c1-31-26-12-17-19(22)24-13-25-20(17)29-9-7-14(8-10-29)27-21(30)28-15-5-6-18(23-11-15)32-16-3-2-4-16/h5-6,11-14,16H,2-4,7-10H2,1H3,(H2,22,24,25)(H2,27,28,30). The van der Waals surface area contributed by atoms with E-state index in [-0.39, 0.29) is 18.2 Å². The number of anilines is 3. The van der Waals surface area contributed by atoms with E-state index in [1.54, 1.807) is 18.3 Å². The van der Waals surface area contributed by atoms with E-state index in [2.05, 4.69) is 35.6 Å². The molecule has 0 aromatic carbocycles. The number of amides is 2. The number of nitrogens with two attached hydrogens (primary N) is 1. The molecule has 4 N–H and O–H groups in total. The number of oxime groups is 1. The number of nitrogen functional groups attached to an aromatic ring is 1. The topological polar surface area (TPSA) is 140 Å². The molecule has 1 aliphatic carbocycles. The molecule has 0 radical (unpaired) electrons. The average Bonchev–Trinajstić information content (AvgIpc) is 2.77. The number of nitrogens with zero attached hydrogens (tertiary/aromatic N) is 5. The molecule has 2 fully saturated rings. The van der Waals surface area contributed by atoms with Crippen molar-refractivity contribution < 1.29 is 14.4 Å². The first-order valence-electron chi connectivity index (χ1n) is 10.7. The molecule has 1 saturated heterocycles. The molecule has 0 bridgehead atoms. The summed E-state index contributed by atoms with van der Waals surface area (Å²) in [5, 5.41) is 9.64. The molecule has 2 amide bonds. The van der Waals surface area contributed by atoms with Gasteiger partial charge < -0.3 is 30.8 Å². The number of hydrogen-bond donors (Lipinski definition) is 3. The number of ether oxygens (including phenoxy) is 1. The number of carbonyl (C=O) groups is 1. The van der Waals surface area contributed by atoms with Gasteiger partial charge in [0.15, 0.2) is 0 Å². The third-order valence-electron chi connectivity index (χ3n) is 5.64. The molecule has 4 rings (SSSR count). The maximum absolute atomic E-state index is 12.4. The van der Waals surface area contributed by atoms with Crippen molar-refractivity contribution in [3.8, 4) is 5.88 Å². The van der Waals surface area contributed by atoms with E-state index < -0.39 is 0 Å². The lowest BCUT2D eigenvalue weighted by atomic mass is 9.96. The number of carbonyl (C=O) groups excluding carboxylic acids is 1. The Balaban J connectivity index is 1.26. The monoisotopic (exact) mass is 440 g/mol. The Kier molecular flexibility index (Phi) is 6.83. The Morgan fingerprint density at radius 1 is 1.22 bits per heavy atom. The lowest BCUT2D eigenvalue weighted by Gasteiger charge is -2.33. The molecule has 0 unspecified atom stereocenters. The van der Waals surface area contributed by atoms with Crippen molar-refractivity contribution in [3.63, 3.8) is 0 Å². The van der Waals surface area contributed by atoms with Gasteiger partial charge in [-0.1, -0.05) is 5.16 Å². The maximum atomic E-state index is 12.4. The van der Waals surface area contributed by atoms with Crippen LogP contribution in [0.3, 0.4) is 0 Å². The predicted octanol–water partition coefficient (Wildman–Crippen LogP) is 2.16. The van der Waals surface area contributed by atoms with Gasteiger partial charge in [-0.15, -0.1) is 0 Å². The van der Waals surface area contributed by atoms with Gasteiger partial charge in [0.1, 0.15) is 31.2 Å². The van der Waals surface area contributed by atoms with Crippen LogP contribution in [0.4, 0.5) is 22.1 Å². The van der Waals surface area contributed by atoms with Crippen LogP contribution in [0, 0.1) is 0 Å². The number of aromatic nitrogens is 3. The number of piperidine rings is 1. The van der Waals surface area contributed by atoms with Crippen molar-refractivity contribution in [3.05, 3.63) is 30.2 Å². The predicted molar refractivity (Wildman–Crippen MR) is 121 cm³/mol. The average molecular weight is 441 g/mol. The molecule has 1 aliphatic heterocycles. The van der Waals surface area contributed by atoms with Crippen LogP contribution in [0.15, 0.2) is 29.8 Å². The molecule has 3 heterocycles. The molecule has 170 valence electrons. The maximum Gasteiger partial charge on any atom is 0.319 e. The molecule has 11 nitrogen and oxygen atoms in total. The summed E-state index contributed by atoms with van der Waals surface area (Å²) in [4.78, 5) is 31.9. The first-order valence-corrected chi connectivity index (χ1v) is 10.7. The van der Waals surface area contributed by atoms with Gasteiger partial charge in [0.2, 0.25) is 5.88 Å². The summed E-state index contributed by atoms with van der Waals surface area (Å²) in [5.74, 6) is 1.64. The SMILES string of the molecule is CON=Cc1c(N)ncnc1N1CCC(NC(=O)Nc2ccc(OC3CCC3)nc2)CC1. The Hall–Kier alpha value is -3.63. The van der Waals surface area contributed by atoms with Crippen molar-refractivity contribution in [2.24, 2.45) is 5.16 Å². The number of urea groups is 1. The van der Waals surface area contributed by atoms with Gasteiger partial charge in [0, 0.05) is 25.2 Å². The Morgan fingerprint density at radius 3 is 2.69 bits per heavy atom. The van der Waals surface area contributed by atoms with Crippen molar-refractivity contribution in [2.75, 3.05) is 36.1 Å². The highest BCUT2D eigenvalue weighted by molar-refractivity contribution is 5.92. The second-order valence-corrected chi connectivity index (χ2v) is 7.83. The van der Waals surface area contributed by atoms with E-state index in [0.717, 1.165) is 25.7 Å². The first-order chi connectivity index (χ1) is 15.6. The first kappa shape index (κ1) is 21.6. The van der Waals surface area contributed by atoms with Crippen LogP contribution in [-0.2, 0) is 4.84 Å². The third-order valence-corrected chi connectivity index (χ3v) is 5.64. The molecule has 11 heteroatoms. The Labute approximate surface area is 186 Å². The molecule has 2 aromatic rings. The minimum atomic E-state index is -0.253. The van der Waals surface area contributed by atoms with E-state index in [1.807, 2.05) is 0 Å². The highest BCUT2D eigenvalue weighted by Crippen LogP contribution is 2.25.